The van der Waals surface area contributed by atoms with Gasteiger partial charge in [0.05, 0.1) is 12.6 Å². The summed E-state index contributed by atoms with van der Waals surface area (Å²) in [6, 6.07) is 5.93. The molecular weight excluding hydrogens is 208 g/mol. The van der Waals surface area contributed by atoms with Crippen molar-refractivity contribution in [3.8, 4) is 11.8 Å². The van der Waals surface area contributed by atoms with Gasteiger partial charge in [-0.2, -0.15) is 5.26 Å². The smallest absolute Gasteiger partial charge is 0.317 e. The van der Waals surface area contributed by atoms with Gasteiger partial charge in [-0.15, -0.1) is 0 Å². The number of hydrogen-bond donors (Lipinski definition) is 3. The molecule has 0 fully saturated rings. The first kappa shape index (κ1) is 12.0. The number of phenols is 1. The van der Waals surface area contributed by atoms with E-state index in [0.717, 1.165) is 5.56 Å². The summed E-state index contributed by atoms with van der Waals surface area (Å²) in [6.07, 6.45) is 0. The Balaban J connectivity index is 2.91. The highest BCUT2D eigenvalue weighted by Gasteiger charge is 2.15. The fraction of sp³-hybridized carbons (Fsp3) is 0.273. The van der Waals surface area contributed by atoms with Crippen molar-refractivity contribution >= 4 is 5.97 Å². The standard InChI is InChI=1S/C11H12N2O3/c1-7-2-3-10(14)8(4-7)9(5-12)13-6-11(15)16/h2-4,9,13-14H,6H2,1H3,(H,15,16). The molecule has 3 N–H and O–H groups in total. The molecule has 0 spiro atoms. The van der Waals surface area contributed by atoms with Crippen molar-refractivity contribution in [2.75, 3.05) is 6.54 Å². The van der Waals surface area contributed by atoms with E-state index in [2.05, 4.69) is 5.32 Å². The lowest BCUT2D eigenvalue weighted by Gasteiger charge is -2.12. The molecule has 1 unspecified atom stereocenters. The fourth-order valence-corrected chi connectivity index (χ4v) is 1.32. The summed E-state index contributed by atoms with van der Waals surface area (Å²) in [5, 5.41) is 29.5. The molecule has 1 atom stereocenters. The van der Waals surface area contributed by atoms with E-state index in [-0.39, 0.29) is 12.3 Å². The van der Waals surface area contributed by atoms with E-state index in [1.54, 1.807) is 12.1 Å². The molecule has 0 aromatic heterocycles. The third-order valence-electron chi connectivity index (χ3n) is 2.08. The molecule has 1 aromatic carbocycles. The highest BCUT2D eigenvalue weighted by Crippen LogP contribution is 2.24. The van der Waals surface area contributed by atoms with E-state index in [9.17, 15) is 9.90 Å². The van der Waals surface area contributed by atoms with Crippen LogP contribution in [0.5, 0.6) is 5.75 Å². The number of carboxylic acids is 1. The number of nitrogens with one attached hydrogen (secondary N) is 1. The Hall–Kier alpha value is -2.06. The number of benzene rings is 1. The van der Waals surface area contributed by atoms with Gasteiger partial charge >= 0.3 is 5.97 Å². The molecule has 0 aliphatic carbocycles. The number of phenolic OH excluding ortho intramolecular Hbond substituents is 1. The Morgan fingerprint density at radius 1 is 1.62 bits per heavy atom. The summed E-state index contributed by atoms with van der Waals surface area (Å²) in [7, 11) is 0. The minimum atomic E-state index is -1.05. The maximum atomic E-state index is 10.4. The van der Waals surface area contributed by atoms with E-state index in [1.165, 1.54) is 6.07 Å². The Morgan fingerprint density at radius 2 is 2.31 bits per heavy atom. The number of aromatic hydroxyl groups is 1. The van der Waals surface area contributed by atoms with Gasteiger partial charge in [-0.3, -0.25) is 10.1 Å². The molecular formula is C11H12N2O3. The van der Waals surface area contributed by atoms with E-state index in [0.29, 0.717) is 5.56 Å². The van der Waals surface area contributed by atoms with Crippen LogP contribution in [0.2, 0.25) is 0 Å². The van der Waals surface area contributed by atoms with Gasteiger partial charge in [0.1, 0.15) is 11.8 Å². The minimum absolute atomic E-state index is 0.0185. The summed E-state index contributed by atoms with van der Waals surface area (Å²) < 4.78 is 0. The Morgan fingerprint density at radius 3 is 2.88 bits per heavy atom. The minimum Gasteiger partial charge on any atom is -0.508 e. The number of nitriles is 1. The fourth-order valence-electron chi connectivity index (χ4n) is 1.32. The molecule has 0 amide bonds. The van der Waals surface area contributed by atoms with Gasteiger partial charge in [-0.25, -0.2) is 0 Å². The monoisotopic (exact) mass is 220 g/mol. The zero-order valence-electron chi connectivity index (χ0n) is 8.77. The molecule has 0 aliphatic rings. The van der Waals surface area contributed by atoms with Crippen LogP contribution in [0.15, 0.2) is 18.2 Å². The van der Waals surface area contributed by atoms with Gasteiger partial charge < -0.3 is 10.2 Å². The zero-order valence-corrected chi connectivity index (χ0v) is 8.77. The predicted octanol–water partition coefficient (Wildman–Crippen LogP) is 0.940. The van der Waals surface area contributed by atoms with Crippen molar-refractivity contribution in [1.29, 1.82) is 5.26 Å². The quantitative estimate of drug-likeness (QED) is 0.702. The van der Waals surface area contributed by atoms with Crippen LogP contribution in [-0.4, -0.2) is 22.7 Å². The van der Waals surface area contributed by atoms with E-state index in [4.69, 9.17) is 10.4 Å². The third-order valence-corrected chi connectivity index (χ3v) is 2.08. The van der Waals surface area contributed by atoms with Crippen LogP contribution < -0.4 is 5.32 Å². The second-order valence-electron chi connectivity index (χ2n) is 3.40. The van der Waals surface area contributed by atoms with Crippen LogP contribution in [0.1, 0.15) is 17.2 Å². The summed E-state index contributed by atoms with van der Waals surface area (Å²) in [4.78, 5) is 10.4. The van der Waals surface area contributed by atoms with Gasteiger partial charge in [0, 0.05) is 5.56 Å². The van der Waals surface area contributed by atoms with Crippen LogP contribution in [0, 0.1) is 18.3 Å². The van der Waals surface area contributed by atoms with Crippen LogP contribution in [0.3, 0.4) is 0 Å². The first-order valence-corrected chi connectivity index (χ1v) is 4.69. The van der Waals surface area contributed by atoms with Crippen LogP contribution >= 0.6 is 0 Å². The third kappa shape index (κ3) is 2.97. The van der Waals surface area contributed by atoms with Gasteiger partial charge in [0.15, 0.2) is 0 Å². The predicted molar refractivity (Wildman–Crippen MR) is 56.8 cm³/mol. The number of hydrogen-bond acceptors (Lipinski definition) is 4. The summed E-state index contributed by atoms with van der Waals surface area (Å²) in [6.45, 7) is 1.50. The Labute approximate surface area is 92.9 Å². The van der Waals surface area contributed by atoms with Gasteiger partial charge in [0.2, 0.25) is 0 Å². The topological polar surface area (TPSA) is 93.4 Å². The lowest BCUT2D eigenvalue weighted by molar-refractivity contribution is -0.136. The second kappa shape index (κ2) is 5.14. The molecule has 84 valence electrons. The normalized spacial score (nSPS) is 11.8. The van der Waals surface area contributed by atoms with Crippen molar-refractivity contribution in [2.24, 2.45) is 0 Å². The average molecular weight is 220 g/mol. The van der Waals surface area contributed by atoms with E-state index < -0.39 is 12.0 Å². The highest BCUT2D eigenvalue weighted by atomic mass is 16.4. The van der Waals surface area contributed by atoms with Crippen molar-refractivity contribution in [3.05, 3.63) is 29.3 Å². The molecule has 0 aliphatic heterocycles. The molecule has 1 rings (SSSR count). The molecule has 0 saturated carbocycles. The Kier molecular flexibility index (Phi) is 3.86. The maximum Gasteiger partial charge on any atom is 0.317 e. The highest BCUT2D eigenvalue weighted by molar-refractivity contribution is 5.69. The molecule has 0 radical (unpaired) electrons. The van der Waals surface area contributed by atoms with Crippen molar-refractivity contribution in [2.45, 2.75) is 13.0 Å². The number of carbonyl (C=O) groups is 1. The first-order chi connectivity index (χ1) is 7.54. The molecule has 0 heterocycles. The first-order valence-electron chi connectivity index (χ1n) is 4.69. The summed E-state index contributed by atoms with van der Waals surface area (Å²) >= 11 is 0. The van der Waals surface area contributed by atoms with Crippen molar-refractivity contribution in [1.82, 2.24) is 5.32 Å². The second-order valence-corrected chi connectivity index (χ2v) is 3.40. The lowest BCUT2D eigenvalue weighted by atomic mass is 10.0. The Bertz CT molecular complexity index is 437. The van der Waals surface area contributed by atoms with Gasteiger partial charge in [-0.1, -0.05) is 11.6 Å². The van der Waals surface area contributed by atoms with E-state index in [1.807, 2.05) is 13.0 Å². The molecule has 16 heavy (non-hydrogen) atoms. The SMILES string of the molecule is Cc1ccc(O)c(C(C#N)NCC(=O)O)c1. The maximum absolute atomic E-state index is 10.4. The number of carboxylic acid groups (broad SMARTS) is 1. The molecule has 0 bridgehead atoms. The molecule has 5 nitrogen and oxygen atoms in total. The van der Waals surface area contributed by atoms with Crippen LogP contribution in [0.4, 0.5) is 0 Å². The van der Waals surface area contributed by atoms with Gasteiger partial charge in [0.25, 0.3) is 0 Å². The largest absolute Gasteiger partial charge is 0.508 e. The van der Waals surface area contributed by atoms with Crippen molar-refractivity contribution in [3.63, 3.8) is 0 Å². The number of nitrogens with zero attached hydrogens (tertiary/aromatic N) is 1. The van der Waals surface area contributed by atoms with Crippen LogP contribution in [-0.2, 0) is 4.79 Å². The molecule has 1 aromatic rings. The zero-order chi connectivity index (χ0) is 12.1. The summed E-state index contributed by atoms with van der Waals surface area (Å²) in [5.41, 5.74) is 1.29. The van der Waals surface area contributed by atoms with Crippen molar-refractivity contribution < 1.29 is 15.0 Å². The van der Waals surface area contributed by atoms with Crippen LogP contribution in [0.25, 0.3) is 0 Å². The van der Waals surface area contributed by atoms with E-state index >= 15 is 0 Å². The lowest BCUT2D eigenvalue weighted by Crippen LogP contribution is -2.26. The number of aryl methyl sites for hydroxylation is 1. The summed E-state index contributed by atoms with van der Waals surface area (Å²) in [5.74, 6) is -1.07. The average Bonchev–Trinajstić information content (AvgIpc) is 2.23. The number of rotatable bonds is 4. The molecule has 5 heteroatoms. The van der Waals surface area contributed by atoms with Gasteiger partial charge in [-0.05, 0) is 19.1 Å². The number of aliphatic carboxylic acids is 1. The molecule has 0 saturated heterocycles.